The topological polar surface area (TPSA) is 108 Å². The number of rotatable bonds is 5. The third-order valence-electron chi connectivity index (χ3n) is 9.65. The second kappa shape index (κ2) is 20.8. The second-order valence-electron chi connectivity index (χ2n) is 14.8. The van der Waals surface area contributed by atoms with Crippen molar-refractivity contribution in [2.45, 2.75) is 129 Å². The van der Waals surface area contributed by atoms with Crippen LogP contribution in [-0.2, 0) is 44.6 Å². The van der Waals surface area contributed by atoms with E-state index in [9.17, 15) is 0 Å². The first-order chi connectivity index (χ1) is 22.6. The van der Waals surface area contributed by atoms with Gasteiger partial charge in [0.2, 0.25) is 0 Å². The van der Waals surface area contributed by atoms with Crippen molar-refractivity contribution in [3.63, 3.8) is 0 Å². The Kier molecular flexibility index (Phi) is 20.9. The summed E-state index contributed by atoms with van der Waals surface area (Å²) in [5.74, 6) is 0. The number of methoxy groups -OCH3 is 1. The Labute approximate surface area is 342 Å². The first-order valence-corrected chi connectivity index (χ1v) is 18.3. The Bertz CT molecular complexity index is 1180. The largest absolute Gasteiger partial charge is 1.00 e. The Morgan fingerprint density at radius 2 is 0.880 bits per heavy atom. The molecule has 3 fully saturated rings. The number of benzene rings is 2. The van der Waals surface area contributed by atoms with E-state index in [1.165, 1.54) is 5.56 Å². The summed E-state index contributed by atoms with van der Waals surface area (Å²) in [5, 5.41) is 16.2. The monoisotopic (exact) mass is 836 g/mol. The normalized spacial score (nSPS) is 21.1. The zero-order valence-corrected chi connectivity index (χ0v) is 38.4. The summed E-state index contributed by atoms with van der Waals surface area (Å²) in [6.07, 6.45) is 0. The van der Waals surface area contributed by atoms with Gasteiger partial charge in [-0.25, -0.2) is 0 Å². The van der Waals surface area contributed by atoms with Crippen molar-refractivity contribution < 1.29 is 72.4 Å². The first kappa shape index (κ1) is 50.2. The van der Waals surface area contributed by atoms with E-state index in [4.69, 9.17) is 42.9 Å². The van der Waals surface area contributed by atoms with E-state index in [0.29, 0.717) is 6.61 Å². The van der Waals surface area contributed by atoms with Crippen LogP contribution in [0.15, 0.2) is 53.0 Å². The average molecular weight is 838 g/mol. The maximum atomic E-state index is 8.25. The number of hydrogen-bond acceptors (Lipinski definition) is 9. The van der Waals surface area contributed by atoms with Gasteiger partial charge in [0.1, 0.15) is 0 Å². The summed E-state index contributed by atoms with van der Waals surface area (Å²) in [6.45, 7) is 25.1. The van der Waals surface area contributed by atoms with Crippen LogP contribution < -0.4 is 40.1 Å². The van der Waals surface area contributed by atoms with Gasteiger partial charge in [0.15, 0.2) is 0 Å². The quantitative estimate of drug-likeness (QED) is 0.359. The summed E-state index contributed by atoms with van der Waals surface area (Å²) >= 11 is 6.73. The summed E-state index contributed by atoms with van der Waals surface area (Å²) in [5.41, 5.74) is 1.49. The van der Waals surface area contributed by atoms with Crippen LogP contribution in [0.25, 0.3) is 0 Å². The molecule has 15 heteroatoms. The molecule has 2 aromatic rings. The van der Waals surface area contributed by atoms with E-state index in [0.717, 1.165) is 35.0 Å². The number of alkyl halides is 1. The van der Waals surface area contributed by atoms with Crippen LogP contribution >= 0.6 is 31.9 Å². The predicted octanol–water partition coefficient (Wildman–Crippen LogP) is 3.31. The van der Waals surface area contributed by atoms with E-state index < -0.39 is 14.0 Å². The molecule has 0 unspecified atom stereocenters. The van der Waals surface area contributed by atoms with Crippen LogP contribution in [0.5, 0.6) is 0 Å². The number of hydrogen-bond donors (Lipinski definition) is 1. The molecule has 0 aromatic heterocycles. The Morgan fingerprint density at radius 3 is 1.18 bits per heavy atom. The van der Waals surface area contributed by atoms with E-state index in [2.05, 4.69) is 71.7 Å². The standard InChI is InChI=1S/C14H21BO3.C12H24B2O4.C7H6Br2.CH4O.CH3O.Na/c1-13(2)14(3,4)18-15(17-13)12-8-6-11(7-9-12)10-16-5;1-9(2)10(3,4)16-13(15-9)14-17-11(5,6)12(7,8)18-14;8-5-6-1-3-7(9)4-2-6;2*1-2;/h6-9H,10H2,1-5H3;1-8H3;1-4H,5H2;2H,1H3;1H3;/q;;;;-1;+1. The number of ether oxygens (including phenoxy) is 1. The van der Waals surface area contributed by atoms with Crippen molar-refractivity contribution in [3.8, 4) is 0 Å². The van der Waals surface area contributed by atoms with Gasteiger partial charge in [-0.1, -0.05) is 68.3 Å². The molecule has 50 heavy (non-hydrogen) atoms. The van der Waals surface area contributed by atoms with Gasteiger partial charge in [-0.15, -0.1) is 0 Å². The van der Waals surface area contributed by atoms with Crippen molar-refractivity contribution in [1.82, 2.24) is 0 Å². The van der Waals surface area contributed by atoms with Crippen LogP contribution in [0.4, 0.5) is 0 Å². The third kappa shape index (κ3) is 13.2. The molecule has 0 bridgehead atoms. The predicted molar refractivity (Wildman–Crippen MR) is 206 cm³/mol. The van der Waals surface area contributed by atoms with E-state index in [1.54, 1.807) is 7.11 Å². The Morgan fingerprint density at radius 1 is 0.580 bits per heavy atom. The molecule has 0 saturated carbocycles. The SMILES string of the molecule is BrCc1ccc(Br)cc1.CC1(C)OB(B2OC(C)(C)C(C)(C)O2)OC1(C)C.CO.COCc1ccc(B2OC(C)(C)C(C)(C)O2)cc1.C[O-].[Na+]. The summed E-state index contributed by atoms with van der Waals surface area (Å²) in [4.78, 5) is 0. The van der Waals surface area contributed by atoms with E-state index in [1.807, 2.05) is 91.8 Å². The van der Waals surface area contributed by atoms with Gasteiger partial charge >= 0.3 is 50.7 Å². The number of aliphatic hydroxyl groups is 1. The molecule has 0 radical (unpaired) electrons. The Hall–Kier alpha value is 0.235. The molecule has 0 amide bonds. The summed E-state index contributed by atoms with van der Waals surface area (Å²) in [6, 6.07) is 16.4. The third-order valence-corrected chi connectivity index (χ3v) is 10.8. The van der Waals surface area contributed by atoms with Crippen LogP contribution in [0.3, 0.4) is 0 Å². The minimum atomic E-state index is -0.476. The minimum Gasteiger partial charge on any atom is -0.857 e. The van der Waals surface area contributed by atoms with Gasteiger partial charge < -0.3 is 42.9 Å². The fraction of sp³-hybridized carbons (Fsp3) is 0.657. The molecule has 2 aromatic carbocycles. The molecule has 5 rings (SSSR count). The van der Waals surface area contributed by atoms with Crippen LogP contribution in [-0.4, -0.2) is 81.2 Å². The number of halogens is 2. The zero-order valence-electron chi connectivity index (χ0n) is 33.2. The zero-order chi connectivity index (χ0) is 38.1. The van der Waals surface area contributed by atoms with Gasteiger partial charge in [0.05, 0.1) is 40.2 Å². The fourth-order valence-corrected chi connectivity index (χ4v) is 5.13. The average Bonchev–Trinajstić information content (AvgIpc) is 3.50. The molecule has 276 valence electrons. The van der Waals surface area contributed by atoms with Crippen molar-refractivity contribution in [2.24, 2.45) is 0 Å². The summed E-state index contributed by atoms with van der Waals surface area (Å²) < 4.78 is 42.1. The van der Waals surface area contributed by atoms with Gasteiger partial charge in [-0.3, -0.25) is 0 Å². The molecular weight excluding hydrogens is 780 g/mol. The molecule has 3 heterocycles. The molecule has 3 aliphatic heterocycles. The Balaban J connectivity index is 0.000000710. The molecule has 0 atom stereocenters. The molecule has 0 aliphatic carbocycles. The van der Waals surface area contributed by atoms with Crippen LogP contribution in [0.1, 0.15) is 94.2 Å². The van der Waals surface area contributed by atoms with Crippen molar-refractivity contribution in [2.75, 3.05) is 21.3 Å². The van der Waals surface area contributed by atoms with Gasteiger partial charge in [-0.05, 0) is 112 Å². The molecule has 0 spiro atoms. The van der Waals surface area contributed by atoms with Gasteiger partial charge in [0, 0.05) is 24.0 Å². The minimum absolute atomic E-state index is 0. The molecule has 9 nitrogen and oxygen atoms in total. The van der Waals surface area contributed by atoms with Crippen molar-refractivity contribution in [3.05, 3.63) is 64.1 Å². The van der Waals surface area contributed by atoms with Crippen molar-refractivity contribution in [1.29, 1.82) is 0 Å². The van der Waals surface area contributed by atoms with Gasteiger partial charge in [-0.2, -0.15) is 7.11 Å². The van der Waals surface area contributed by atoms with Crippen LogP contribution in [0, 0.1) is 0 Å². The summed E-state index contributed by atoms with van der Waals surface area (Å²) in [7, 11) is 2.21. The smallest absolute Gasteiger partial charge is 0.857 e. The van der Waals surface area contributed by atoms with E-state index >= 15 is 0 Å². The molecule has 3 aliphatic rings. The first-order valence-electron chi connectivity index (χ1n) is 16.4. The fourth-order valence-electron chi connectivity index (χ4n) is 4.49. The van der Waals surface area contributed by atoms with Crippen LogP contribution in [0.2, 0.25) is 0 Å². The number of aliphatic hydroxyl groups excluding tert-OH is 1. The molecular formula is C35H58B3Br2NaO9. The van der Waals surface area contributed by atoms with Gasteiger partial charge in [0.25, 0.3) is 0 Å². The maximum absolute atomic E-state index is 8.25. The molecule has 3 saturated heterocycles. The molecule has 1 N–H and O–H groups in total. The second-order valence-corrected chi connectivity index (χ2v) is 16.2. The maximum Gasteiger partial charge on any atom is 1.00 e. The van der Waals surface area contributed by atoms with Crippen molar-refractivity contribution >= 4 is 58.5 Å². The van der Waals surface area contributed by atoms with E-state index in [-0.39, 0.29) is 70.3 Å².